The lowest BCUT2D eigenvalue weighted by atomic mass is 10.2. The molecule has 4 nitrogen and oxygen atoms in total. The van der Waals surface area contributed by atoms with Crippen LogP contribution in [0.5, 0.6) is 0 Å². The summed E-state index contributed by atoms with van der Waals surface area (Å²) in [5.41, 5.74) is 0.801. The van der Waals surface area contributed by atoms with E-state index in [2.05, 4.69) is 33.8 Å². The van der Waals surface area contributed by atoms with Crippen molar-refractivity contribution in [1.29, 1.82) is 0 Å². The van der Waals surface area contributed by atoms with Gasteiger partial charge in [0.2, 0.25) is 5.28 Å². The van der Waals surface area contributed by atoms with Crippen molar-refractivity contribution in [3.63, 3.8) is 0 Å². The topological polar surface area (TPSA) is 44.8 Å². The molecule has 1 saturated carbocycles. The molecule has 90 valence electrons. The summed E-state index contributed by atoms with van der Waals surface area (Å²) in [7, 11) is 2.08. The SMILES string of the molecule is C[C@@H](C1CC1)N(C)c1nc(Cl)nc2[nH]ccc12. The van der Waals surface area contributed by atoms with Gasteiger partial charge in [-0.05, 0) is 43.4 Å². The summed E-state index contributed by atoms with van der Waals surface area (Å²) in [5, 5.41) is 1.33. The Morgan fingerprint density at radius 3 is 2.94 bits per heavy atom. The number of fused-ring (bicyclic) bond motifs is 1. The lowest BCUT2D eigenvalue weighted by Gasteiger charge is -2.26. The molecule has 0 saturated heterocycles. The van der Waals surface area contributed by atoms with Crippen molar-refractivity contribution in [2.75, 3.05) is 11.9 Å². The lowest BCUT2D eigenvalue weighted by Crippen LogP contribution is -2.31. The molecule has 3 rings (SSSR count). The maximum Gasteiger partial charge on any atom is 0.226 e. The highest BCUT2D eigenvalue weighted by atomic mass is 35.5. The van der Waals surface area contributed by atoms with Crippen LogP contribution in [0, 0.1) is 5.92 Å². The zero-order chi connectivity index (χ0) is 12.0. The molecule has 17 heavy (non-hydrogen) atoms. The first-order valence-corrected chi connectivity index (χ1v) is 6.28. The molecule has 5 heteroatoms. The predicted molar refractivity (Wildman–Crippen MR) is 69.5 cm³/mol. The van der Waals surface area contributed by atoms with E-state index in [1.54, 1.807) is 0 Å². The molecule has 0 unspecified atom stereocenters. The molecule has 1 N–H and O–H groups in total. The summed E-state index contributed by atoms with van der Waals surface area (Å²) < 4.78 is 0. The van der Waals surface area contributed by atoms with Gasteiger partial charge in [0, 0.05) is 19.3 Å². The van der Waals surface area contributed by atoms with Crippen LogP contribution in [-0.2, 0) is 0 Å². The van der Waals surface area contributed by atoms with Gasteiger partial charge in [-0.3, -0.25) is 0 Å². The molecule has 2 heterocycles. The molecular formula is C12H15ClN4. The van der Waals surface area contributed by atoms with Crippen molar-refractivity contribution in [2.45, 2.75) is 25.8 Å². The number of anilines is 1. The summed E-state index contributed by atoms with van der Waals surface area (Å²) in [6, 6.07) is 2.50. The second-order valence-electron chi connectivity index (χ2n) is 4.75. The van der Waals surface area contributed by atoms with E-state index in [1.165, 1.54) is 12.8 Å². The Balaban J connectivity index is 2.05. The van der Waals surface area contributed by atoms with Gasteiger partial charge in [-0.15, -0.1) is 0 Å². The molecule has 0 aliphatic heterocycles. The van der Waals surface area contributed by atoms with Crippen molar-refractivity contribution in [3.05, 3.63) is 17.5 Å². The first-order valence-electron chi connectivity index (χ1n) is 5.90. The zero-order valence-corrected chi connectivity index (χ0v) is 10.7. The Labute approximate surface area is 105 Å². The third-order valence-corrected chi connectivity index (χ3v) is 3.79. The van der Waals surface area contributed by atoms with E-state index in [9.17, 15) is 0 Å². The number of hydrogen-bond donors (Lipinski definition) is 1. The van der Waals surface area contributed by atoms with Gasteiger partial charge in [0.25, 0.3) is 0 Å². The predicted octanol–water partition coefficient (Wildman–Crippen LogP) is 2.85. The molecule has 2 aromatic rings. The van der Waals surface area contributed by atoms with Crippen molar-refractivity contribution in [2.24, 2.45) is 5.92 Å². The molecule has 0 spiro atoms. The smallest absolute Gasteiger partial charge is 0.226 e. The van der Waals surface area contributed by atoms with Crippen LogP contribution in [0.4, 0.5) is 5.82 Å². The van der Waals surface area contributed by atoms with E-state index in [-0.39, 0.29) is 0 Å². The minimum Gasteiger partial charge on any atom is -0.356 e. The standard InChI is InChI=1S/C12H15ClN4/c1-7(8-3-4-8)17(2)11-9-5-6-14-10(9)15-12(13)16-11/h5-8H,3-4H2,1-2H3,(H,14,15,16)/t7-/m0/s1. The Bertz CT molecular complexity index is 546. The van der Waals surface area contributed by atoms with Crippen LogP contribution in [0.15, 0.2) is 12.3 Å². The average molecular weight is 251 g/mol. The maximum atomic E-state index is 5.96. The van der Waals surface area contributed by atoms with Crippen LogP contribution in [0.3, 0.4) is 0 Å². The van der Waals surface area contributed by atoms with Gasteiger partial charge in [-0.25, -0.2) is 0 Å². The van der Waals surface area contributed by atoms with Crippen LogP contribution >= 0.6 is 11.6 Å². The lowest BCUT2D eigenvalue weighted by molar-refractivity contribution is 0.605. The number of hydrogen-bond acceptors (Lipinski definition) is 3. The van der Waals surface area contributed by atoms with E-state index < -0.39 is 0 Å². The van der Waals surface area contributed by atoms with Gasteiger partial charge in [0.1, 0.15) is 11.5 Å². The highest BCUT2D eigenvalue weighted by molar-refractivity contribution is 6.28. The third-order valence-electron chi connectivity index (χ3n) is 3.62. The fraction of sp³-hybridized carbons (Fsp3) is 0.500. The van der Waals surface area contributed by atoms with Crippen molar-refractivity contribution >= 4 is 28.5 Å². The van der Waals surface area contributed by atoms with E-state index in [0.717, 1.165) is 22.8 Å². The Kier molecular flexibility index (Phi) is 2.47. The monoisotopic (exact) mass is 250 g/mol. The average Bonchev–Trinajstić information content (AvgIpc) is 3.05. The largest absolute Gasteiger partial charge is 0.356 e. The number of nitrogens with zero attached hydrogens (tertiary/aromatic N) is 3. The molecule has 1 aliphatic carbocycles. The number of halogens is 1. The summed E-state index contributed by atoms with van der Waals surface area (Å²) in [5.74, 6) is 1.71. The molecular weight excluding hydrogens is 236 g/mol. The molecule has 1 fully saturated rings. The van der Waals surface area contributed by atoms with Crippen molar-refractivity contribution in [3.8, 4) is 0 Å². The number of H-pyrrole nitrogens is 1. The summed E-state index contributed by atoms with van der Waals surface area (Å²) >= 11 is 5.96. The molecule has 0 aromatic carbocycles. The van der Waals surface area contributed by atoms with Gasteiger partial charge in [-0.1, -0.05) is 0 Å². The second kappa shape index (κ2) is 3.88. The first kappa shape index (κ1) is 10.8. The van der Waals surface area contributed by atoms with E-state index in [1.807, 2.05) is 12.3 Å². The number of rotatable bonds is 3. The first-order chi connectivity index (χ1) is 8.16. The maximum absolute atomic E-state index is 5.96. The van der Waals surface area contributed by atoms with E-state index in [0.29, 0.717) is 11.3 Å². The molecule has 0 amide bonds. The van der Waals surface area contributed by atoms with Gasteiger partial charge < -0.3 is 9.88 Å². The van der Waals surface area contributed by atoms with Crippen LogP contribution in [0.1, 0.15) is 19.8 Å². The number of aromatic amines is 1. The fourth-order valence-corrected chi connectivity index (χ4v) is 2.42. The van der Waals surface area contributed by atoms with Gasteiger partial charge in [0.05, 0.1) is 5.39 Å². The minimum atomic E-state index is 0.296. The van der Waals surface area contributed by atoms with Crippen LogP contribution in [0.25, 0.3) is 11.0 Å². The molecule has 0 radical (unpaired) electrons. The molecule has 2 aromatic heterocycles. The second-order valence-corrected chi connectivity index (χ2v) is 5.08. The van der Waals surface area contributed by atoms with Gasteiger partial charge in [-0.2, -0.15) is 9.97 Å². The Hall–Kier alpha value is -1.29. The molecule has 1 atom stereocenters. The summed E-state index contributed by atoms with van der Waals surface area (Å²) in [4.78, 5) is 13.8. The zero-order valence-electron chi connectivity index (χ0n) is 9.94. The number of aromatic nitrogens is 3. The van der Waals surface area contributed by atoms with Crippen LogP contribution in [0.2, 0.25) is 5.28 Å². The van der Waals surface area contributed by atoms with Crippen molar-refractivity contribution in [1.82, 2.24) is 15.0 Å². The van der Waals surface area contributed by atoms with E-state index in [4.69, 9.17) is 11.6 Å². The fourth-order valence-electron chi connectivity index (χ4n) is 2.26. The number of nitrogens with one attached hydrogen (secondary N) is 1. The molecule has 0 bridgehead atoms. The highest BCUT2D eigenvalue weighted by Gasteiger charge is 2.31. The minimum absolute atomic E-state index is 0.296. The van der Waals surface area contributed by atoms with Crippen LogP contribution in [-0.4, -0.2) is 28.0 Å². The summed E-state index contributed by atoms with van der Waals surface area (Å²) in [6.45, 7) is 2.24. The molecule has 1 aliphatic rings. The Morgan fingerprint density at radius 2 is 2.24 bits per heavy atom. The van der Waals surface area contributed by atoms with Crippen molar-refractivity contribution < 1.29 is 0 Å². The van der Waals surface area contributed by atoms with Crippen LogP contribution < -0.4 is 4.90 Å². The van der Waals surface area contributed by atoms with Gasteiger partial charge >= 0.3 is 0 Å². The highest BCUT2D eigenvalue weighted by Crippen LogP contribution is 2.37. The normalized spacial score (nSPS) is 17.4. The third kappa shape index (κ3) is 1.86. The van der Waals surface area contributed by atoms with E-state index >= 15 is 0 Å². The quantitative estimate of drug-likeness (QED) is 0.852. The van der Waals surface area contributed by atoms with Gasteiger partial charge in [0.15, 0.2) is 0 Å². The summed E-state index contributed by atoms with van der Waals surface area (Å²) in [6.07, 6.45) is 4.51. The Morgan fingerprint density at radius 1 is 1.47 bits per heavy atom.